The second-order valence-electron chi connectivity index (χ2n) is 6.11. The molecule has 4 nitrogen and oxygen atoms in total. The van der Waals surface area contributed by atoms with Gasteiger partial charge in [-0.15, -0.1) is 0 Å². The van der Waals surface area contributed by atoms with E-state index in [1.165, 1.54) is 12.5 Å². The van der Waals surface area contributed by atoms with Crippen LogP contribution in [0.5, 0.6) is 0 Å². The van der Waals surface area contributed by atoms with Gasteiger partial charge in [-0.3, -0.25) is 9.69 Å². The molecule has 1 aromatic carbocycles. The summed E-state index contributed by atoms with van der Waals surface area (Å²) in [6.45, 7) is 5.10. The maximum absolute atomic E-state index is 13.5. The van der Waals surface area contributed by atoms with Gasteiger partial charge < -0.3 is 10.6 Å². The molecule has 0 aromatic heterocycles. The first-order valence-corrected chi connectivity index (χ1v) is 7.64. The normalized spacial score (nSPS) is 25.6. The van der Waals surface area contributed by atoms with Gasteiger partial charge in [-0.1, -0.05) is 6.07 Å². The number of carbonyl (C=O) groups is 1. The van der Waals surface area contributed by atoms with E-state index in [9.17, 15) is 9.18 Å². The van der Waals surface area contributed by atoms with Crippen LogP contribution in [0.3, 0.4) is 0 Å². The van der Waals surface area contributed by atoms with Crippen LogP contribution in [0.15, 0.2) is 18.2 Å². The first kappa shape index (κ1) is 14.5. The molecule has 0 bridgehead atoms. The third kappa shape index (κ3) is 3.24. The molecular formula is C16H22FN3O. The van der Waals surface area contributed by atoms with E-state index in [0.717, 1.165) is 26.1 Å². The first-order valence-electron chi connectivity index (χ1n) is 7.64. The Hall–Kier alpha value is -1.46. The fraction of sp³-hybridized carbons (Fsp3) is 0.562. The average Bonchev–Trinajstić information content (AvgIpc) is 2.92. The number of halogens is 1. The molecule has 0 radical (unpaired) electrons. The lowest BCUT2D eigenvalue weighted by atomic mass is 9.92. The second kappa shape index (κ2) is 6.12. The molecule has 2 aliphatic rings. The number of nitrogens with one attached hydrogen (secondary N) is 2. The van der Waals surface area contributed by atoms with Gasteiger partial charge in [-0.05, 0) is 56.5 Å². The fourth-order valence-electron chi connectivity index (χ4n) is 3.42. The Labute approximate surface area is 124 Å². The number of fused-ring (bicyclic) bond motifs is 1. The summed E-state index contributed by atoms with van der Waals surface area (Å²) < 4.78 is 13.5. The highest BCUT2D eigenvalue weighted by Crippen LogP contribution is 2.26. The zero-order valence-corrected chi connectivity index (χ0v) is 12.4. The average molecular weight is 291 g/mol. The fourth-order valence-corrected chi connectivity index (χ4v) is 3.42. The summed E-state index contributed by atoms with van der Waals surface area (Å²) in [5.74, 6) is 0.319. The molecule has 1 amide bonds. The van der Waals surface area contributed by atoms with E-state index in [1.807, 2.05) is 0 Å². The zero-order valence-electron chi connectivity index (χ0n) is 12.4. The molecule has 2 heterocycles. The molecule has 1 aromatic rings. The summed E-state index contributed by atoms with van der Waals surface area (Å²) in [6, 6.07) is 5.28. The molecule has 5 heteroatoms. The number of hydrogen-bond donors (Lipinski definition) is 2. The van der Waals surface area contributed by atoms with Crippen LogP contribution in [0.4, 0.5) is 10.1 Å². The van der Waals surface area contributed by atoms with Crippen LogP contribution in [0.1, 0.15) is 18.4 Å². The largest absolute Gasteiger partial charge is 0.325 e. The van der Waals surface area contributed by atoms with Gasteiger partial charge in [0, 0.05) is 18.3 Å². The van der Waals surface area contributed by atoms with Crippen molar-refractivity contribution < 1.29 is 9.18 Å². The lowest BCUT2D eigenvalue weighted by Crippen LogP contribution is -2.48. The Morgan fingerprint density at radius 1 is 1.48 bits per heavy atom. The van der Waals surface area contributed by atoms with Crippen molar-refractivity contribution in [2.75, 3.05) is 31.5 Å². The lowest BCUT2D eigenvalue weighted by molar-refractivity contribution is -0.118. The highest BCUT2D eigenvalue weighted by molar-refractivity contribution is 5.92. The number of amides is 1. The van der Waals surface area contributed by atoms with Crippen LogP contribution >= 0.6 is 0 Å². The summed E-state index contributed by atoms with van der Waals surface area (Å²) in [6.07, 6.45) is 2.40. The predicted octanol–water partition coefficient (Wildman–Crippen LogP) is 1.76. The van der Waals surface area contributed by atoms with Crippen molar-refractivity contribution in [2.24, 2.45) is 5.92 Å². The second-order valence-corrected chi connectivity index (χ2v) is 6.11. The van der Waals surface area contributed by atoms with Crippen molar-refractivity contribution in [1.82, 2.24) is 10.2 Å². The third-order valence-corrected chi connectivity index (χ3v) is 4.60. The number of piperidine rings is 1. The molecular weight excluding hydrogens is 269 g/mol. The molecule has 3 rings (SSSR count). The molecule has 0 aliphatic carbocycles. The Kier molecular flexibility index (Phi) is 4.22. The van der Waals surface area contributed by atoms with Gasteiger partial charge in [0.15, 0.2) is 0 Å². The molecule has 114 valence electrons. The Bertz CT molecular complexity index is 534. The molecule has 0 spiro atoms. The van der Waals surface area contributed by atoms with Crippen molar-refractivity contribution in [2.45, 2.75) is 25.8 Å². The monoisotopic (exact) mass is 291 g/mol. The van der Waals surface area contributed by atoms with Gasteiger partial charge in [0.1, 0.15) is 5.82 Å². The maximum atomic E-state index is 13.5. The van der Waals surface area contributed by atoms with Crippen LogP contribution < -0.4 is 10.6 Å². The third-order valence-electron chi connectivity index (χ3n) is 4.60. The molecule has 2 aliphatic heterocycles. The summed E-state index contributed by atoms with van der Waals surface area (Å²) in [7, 11) is 0. The van der Waals surface area contributed by atoms with Gasteiger partial charge in [-0.25, -0.2) is 4.39 Å². The Balaban J connectivity index is 1.59. The minimum atomic E-state index is -0.286. The van der Waals surface area contributed by atoms with Gasteiger partial charge in [0.25, 0.3) is 0 Å². The van der Waals surface area contributed by atoms with E-state index >= 15 is 0 Å². The first-order chi connectivity index (χ1) is 10.1. The maximum Gasteiger partial charge on any atom is 0.238 e. The van der Waals surface area contributed by atoms with Crippen LogP contribution in [-0.4, -0.2) is 43.0 Å². The van der Waals surface area contributed by atoms with Crippen LogP contribution in [0.25, 0.3) is 0 Å². The number of anilines is 1. The van der Waals surface area contributed by atoms with E-state index in [1.54, 1.807) is 19.1 Å². The summed E-state index contributed by atoms with van der Waals surface area (Å²) >= 11 is 0. The number of benzene rings is 1. The topological polar surface area (TPSA) is 44.4 Å². The number of likely N-dealkylation sites (tertiary alicyclic amines) is 1. The van der Waals surface area contributed by atoms with Crippen LogP contribution in [0, 0.1) is 18.7 Å². The Morgan fingerprint density at radius 2 is 2.33 bits per heavy atom. The number of aryl methyl sites for hydroxylation is 1. The molecule has 2 fully saturated rings. The summed E-state index contributed by atoms with van der Waals surface area (Å²) in [5, 5.41) is 6.20. The van der Waals surface area contributed by atoms with Crippen molar-refractivity contribution in [3.05, 3.63) is 29.6 Å². The highest BCUT2D eigenvalue weighted by atomic mass is 19.1. The van der Waals surface area contributed by atoms with Gasteiger partial charge in [0.2, 0.25) is 5.91 Å². The molecule has 2 atom stereocenters. The number of carbonyl (C=O) groups excluding carboxylic acids is 1. The molecule has 2 unspecified atom stereocenters. The quantitative estimate of drug-likeness (QED) is 0.892. The SMILES string of the molecule is Cc1ccc(NC(=O)CN2CCCC3CNCC32)cc1F. The van der Waals surface area contributed by atoms with Crippen molar-refractivity contribution in [3.8, 4) is 0 Å². The van der Waals surface area contributed by atoms with Gasteiger partial charge in [-0.2, -0.15) is 0 Å². The van der Waals surface area contributed by atoms with E-state index in [2.05, 4.69) is 15.5 Å². The van der Waals surface area contributed by atoms with Crippen LogP contribution in [-0.2, 0) is 4.79 Å². The zero-order chi connectivity index (χ0) is 14.8. The molecule has 0 saturated carbocycles. The van der Waals surface area contributed by atoms with Crippen molar-refractivity contribution >= 4 is 11.6 Å². The van der Waals surface area contributed by atoms with Gasteiger partial charge >= 0.3 is 0 Å². The van der Waals surface area contributed by atoms with Gasteiger partial charge in [0.05, 0.1) is 6.54 Å². The number of rotatable bonds is 3. The van der Waals surface area contributed by atoms with Crippen molar-refractivity contribution in [3.63, 3.8) is 0 Å². The van der Waals surface area contributed by atoms with E-state index in [-0.39, 0.29) is 11.7 Å². The van der Waals surface area contributed by atoms with E-state index < -0.39 is 0 Å². The molecule has 2 N–H and O–H groups in total. The minimum absolute atomic E-state index is 0.0641. The van der Waals surface area contributed by atoms with E-state index in [0.29, 0.717) is 29.8 Å². The highest BCUT2D eigenvalue weighted by Gasteiger charge is 2.35. The van der Waals surface area contributed by atoms with Crippen LogP contribution in [0.2, 0.25) is 0 Å². The number of hydrogen-bond acceptors (Lipinski definition) is 3. The smallest absolute Gasteiger partial charge is 0.238 e. The number of nitrogens with zero attached hydrogens (tertiary/aromatic N) is 1. The lowest BCUT2D eigenvalue weighted by Gasteiger charge is -2.36. The molecule has 21 heavy (non-hydrogen) atoms. The standard InChI is InChI=1S/C16H22FN3O/c1-11-4-5-13(7-14(11)17)19-16(21)10-20-6-2-3-12-8-18-9-15(12)20/h4-5,7,12,15,18H,2-3,6,8-10H2,1H3,(H,19,21). The molecule has 2 saturated heterocycles. The summed E-state index contributed by atoms with van der Waals surface area (Å²) in [4.78, 5) is 14.4. The van der Waals surface area contributed by atoms with Crippen molar-refractivity contribution in [1.29, 1.82) is 0 Å². The van der Waals surface area contributed by atoms with E-state index in [4.69, 9.17) is 0 Å². The predicted molar refractivity (Wildman–Crippen MR) is 80.7 cm³/mol. The summed E-state index contributed by atoms with van der Waals surface area (Å²) in [5.41, 5.74) is 1.12. The minimum Gasteiger partial charge on any atom is -0.325 e. The Morgan fingerprint density at radius 3 is 3.14 bits per heavy atom.